The van der Waals surface area contributed by atoms with E-state index in [1.807, 2.05) is 0 Å². The van der Waals surface area contributed by atoms with Crippen molar-refractivity contribution in [2.24, 2.45) is 0 Å². The Morgan fingerprint density at radius 3 is 2.76 bits per heavy atom. The highest BCUT2D eigenvalue weighted by molar-refractivity contribution is 5.45. The molecule has 1 rings (SSSR count). The minimum Gasteiger partial charge on any atom is -0.383 e. The van der Waals surface area contributed by atoms with Crippen LogP contribution in [-0.2, 0) is 11.2 Å². The van der Waals surface area contributed by atoms with Crippen molar-refractivity contribution in [1.82, 2.24) is 0 Å². The van der Waals surface area contributed by atoms with Crippen molar-refractivity contribution in [2.45, 2.75) is 39.5 Å². The summed E-state index contributed by atoms with van der Waals surface area (Å²) in [6.07, 6.45) is 4.71. The monoisotopic (exact) mass is 235 g/mol. The lowest BCUT2D eigenvalue weighted by Gasteiger charge is -2.08. The Morgan fingerprint density at radius 1 is 1.12 bits per heavy atom. The summed E-state index contributed by atoms with van der Waals surface area (Å²) in [5, 5.41) is 3.40. The quantitative estimate of drug-likeness (QED) is 0.656. The predicted molar refractivity (Wildman–Crippen MR) is 74.7 cm³/mol. The number of aryl methyl sites for hydroxylation is 1. The van der Waals surface area contributed by atoms with Gasteiger partial charge < -0.3 is 10.1 Å². The second-order valence-electron chi connectivity index (χ2n) is 4.34. The number of benzene rings is 1. The largest absolute Gasteiger partial charge is 0.383 e. The van der Waals surface area contributed by atoms with Crippen LogP contribution in [0.4, 0.5) is 5.69 Å². The number of nitrogens with one attached hydrogen (secondary N) is 1. The molecule has 0 aliphatic heterocycles. The maximum atomic E-state index is 5.51. The Labute approximate surface area is 105 Å². The lowest BCUT2D eigenvalue weighted by molar-refractivity contribution is 0.141. The van der Waals surface area contributed by atoms with Gasteiger partial charge in [-0.1, -0.05) is 38.8 Å². The van der Waals surface area contributed by atoms with Crippen molar-refractivity contribution in [3.05, 3.63) is 29.8 Å². The minimum absolute atomic E-state index is 0.790. The van der Waals surface area contributed by atoms with Crippen LogP contribution in [0.15, 0.2) is 24.3 Å². The Kier molecular flexibility index (Phi) is 7.48. The van der Waals surface area contributed by atoms with Crippen molar-refractivity contribution in [2.75, 3.05) is 25.1 Å². The van der Waals surface area contributed by atoms with E-state index in [0.29, 0.717) is 0 Å². The number of hydrogen-bond donors (Lipinski definition) is 1. The third-order valence-electron chi connectivity index (χ3n) is 2.68. The molecule has 1 aromatic rings. The molecular weight excluding hydrogens is 210 g/mol. The van der Waals surface area contributed by atoms with Gasteiger partial charge >= 0.3 is 0 Å². The first-order chi connectivity index (χ1) is 8.36. The molecule has 0 radical (unpaired) electrons. The molecule has 0 aliphatic rings. The Balaban J connectivity index is 2.19. The smallest absolute Gasteiger partial charge is 0.0639 e. The number of rotatable bonds is 9. The van der Waals surface area contributed by atoms with Crippen LogP contribution < -0.4 is 5.32 Å². The second kappa shape index (κ2) is 9.06. The van der Waals surface area contributed by atoms with E-state index in [1.54, 1.807) is 0 Å². The molecule has 2 heteroatoms. The van der Waals surface area contributed by atoms with Crippen LogP contribution in [0.2, 0.25) is 0 Å². The molecule has 0 unspecified atom stereocenters. The molecule has 0 spiro atoms. The summed E-state index contributed by atoms with van der Waals surface area (Å²) < 4.78 is 5.51. The van der Waals surface area contributed by atoms with Crippen LogP contribution >= 0.6 is 0 Å². The van der Waals surface area contributed by atoms with Crippen molar-refractivity contribution in [3.8, 4) is 0 Å². The SMILES string of the molecule is CCCCOCCNc1cccc(CCC)c1. The number of unbranched alkanes of at least 4 members (excludes halogenated alkanes) is 1. The van der Waals surface area contributed by atoms with Crippen LogP contribution in [0, 0.1) is 0 Å². The summed E-state index contributed by atoms with van der Waals surface area (Å²) >= 11 is 0. The first-order valence-corrected chi connectivity index (χ1v) is 6.77. The van der Waals surface area contributed by atoms with E-state index in [9.17, 15) is 0 Å². The summed E-state index contributed by atoms with van der Waals surface area (Å²) in [7, 11) is 0. The van der Waals surface area contributed by atoms with Crippen LogP contribution in [0.25, 0.3) is 0 Å². The van der Waals surface area contributed by atoms with E-state index in [4.69, 9.17) is 4.74 Å². The minimum atomic E-state index is 0.790. The zero-order valence-electron chi connectivity index (χ0n) is 11.2. The fourth-order valence-electron chi connectivity index (χ4n) is 1.74. The van der Waals surface area contributed by atoms with Gasteiger partial charge in [-0.3, -0.25) is 0 Å². The maximum absolute atomic E-state index is 5.51. The van der Waals surface area contributed by atoms with Gasteiger partial charge in [-0.25, -0.2) is 0 Å². The highest BCUT2D eigenvalue weighted by atomic mass is 16.5. The Morgan fingerprint density at radius 2 is 2.00 bits per heavy atom. The molecule has 0 aliphatic carbocycles. The molecule has 96 valence electrons. The highest BCUT2D eigenvalue weighted by Gasteiger charge is 1.95. The van der Waals surface area contributed by atoms with Gasteiger partial charge in [-0.2, -0.15) is 0 Å². The molecule has 2 nitrogen and oxygen atoms in total. The summed E-state index contributed by atoms with van der Waals surface area (Å²) in [5.41, 5.74) is 2.61. The van der Waals surface area contributed by atoms with Crippen molar-refractivity contribution in [1.29, 1.82) is 0 Å². The number of anilines is 1. The van der Waals surface area contributed by atoms with E-state index in [2.05, 4.69) is 43.4 Å². The molecule has 0 saturated carbocycles. The molecule has 1 N–H and O–H groups in total. The van der Waals surface area contributed by atoms with Gasteiger partial charge in [0.05, 0.1) is 6.61 Å². The maximum Gasteiger partial charge on any atom is 0.0639 e. The molecule has 17 heavy (non-hydrogen) atoms. The lowest BCUT2D eigenvalue weighted by atomic mass is 10.1. The molecule has 1 aromatic carbocycles. The average Bonchev–Trinajstić information content (AvgIpc) is 2.35. The first kappa shape index (κ1) is 14.0. The topological polar surface area (TPSA) is 21.3 Å². The fourth-order valence-corrected chi connectivity index (χ4v) is 1.74. The van der Waals surface area contributed by atoms with E-state index in [0.717, 1.165) is 32.6 Å². The average molecular weight is 235 g/mol. The van der Waals surface area contributed by atoms with Crippen molar-refractivity contribution < 1.29 is 4.74 Å². The fraction of sp³-hybridized carbons (Fsp3) is 0.600. The molecule has 0 saturated heterocycles. The van der Waals surface area contributed by atoms with Gasteiger partial charge in [0.1, 0.15) is 0 Å². The second-order valence-corrected chi connectivity index (χ2v) is 4.34. The van der Waals surface area contributed by atoms with E-state index in [1.165, 1.54) is 24.1 Å². The van der Waals surface area contributed by atoms with E-state index >= 15 is 0 Å². The van der Waals surface area contributed by atoms with Crippen LogP contribution in [-0.4, -0.2) is 19.8 Å². The molecule has 0 bridgehead atoms. The standard InChI is InChI=1S/C15H25NO/c1-3-5-11-17-12-10-16-15-9-6-8-14(13-15)7-4-2/h6,8-9,13,16H,3-5,7,10-12H2,1-2H3. The summed E-state index contributed by atoms with van der Waals surface area (Å²) in [4.78, 5) is 0. The van der Waals surface area contributed by atoms with Gasteiger partial charge in [0.2, 0.25) is 0 Å². The zero-order valence-corrected chi connectivity index (χ0v) is 11.2. The molecular formula is C15H25NO. The third-order valence-corrected chi connectivity index (χ3v) is 2.68. The van der Waals surface area contributed by atoms with E-state index < -0.39 is 0 Å². The molecule has 0 atom stereocenters. The van der Waals surface area contributed by atoms with Crippen molar-refractivity contribution in [3.63, 3.8) is 0 Å². The van der Waals surface area contributed by atoms with Crippen LogP contribution in [0.5, 0.6) is 0 Å². The van der Waals surface area contributed by atoms with E-state index in [-0.39, 0.29) is 0 Å². The van der Waals surface area contributed by atoms with Gasteiger partial charge in [-0.15, -0.1) is 0 Å². The molecule has 0 aromatic heterocycles. The van der Waals surface area contributed by atoms with Gasteiger partial charge in [-0.05, 0) is 30.5 Å². The normalized spacial score (nSPS) is 10.5. The van der Waals surface area contributed by atoms with Gasteiger partial charge in [0.15, 0.2) is 0 Å². The Bertz CT molecular complexity index is 299. The highest BCUT2D eigenvalue weighted by Crippen LogP contribution is 2.11. The third kappa shape index (κ3) is 6.32. The molecule has 0 amide bonds. The van der Waals surface area contributed by atoms with Crippen LogP contribution in [0.3, 0.4) is 0 Å². The van der Waals surface area contributed by atoms with Gasteiger partial charge in [0, 0.05) is 18.8 Å². The van der Waals surface area contributed by atoms with Crippen LogP contribution in [0.1, 0.15) is 38.7 Å². The van der Waals surface area contributed by atoms with Crippen molar-refractivity contribution >= 4 is 5.69 Å². The predicted octanol–water partition coefficient (Wildman–Crippen LogP) is 3.87. The number of ether oxygens (including phenoxy) is 1. The zero-order chi connectivity index (χ0) is 12.3. The lowest BCUT2D eigenvalue weighted by Crippen LogP contribution is -2.10. The molecule has 0 heterocycles. The summed E-state index contributed by atoms with van der Waals surface area (Å²) in [5.74, 6) is 0. The Hall–Kier alpha value is -1.02. The molecule has 0 fully saturated rings. The first-order valence-electron chi connectivity index (χ1n) is 6.77. The summed E-state index contributed by atoms with van der Waals surface area (Å²) in [6.45, 7) is 6.95. The van der Waals surface area contributed by atoms with Gasteiger partial charge in [0.25, 0.3) is 0 Å². The number of hydrogen-bond acceptors (Lipinski definition) is 2. The summed E-state index contributed by atoms with van der Waals surface area (Å²) in [6, 6.07) is 8.65.